The fraction of sp³-hybridized carbons (Fsp3) is 0.400. The Morgan fingerprint density at radius 1 is 0.962 bits per heavy atom. The lowest BCUT2D eigenvalue weighted by molar-refractivity contribution is -0.126. The van der Waals surface area contributed by atoms with Crippen LogP contribution in [0.1, 0.15) is 41.6 Å². The van der Waals surface area contributed by atoms with E-state index in [-0.39, 0.29) is 17.7 Å². The van der Waals surface area contributed by atoms with Gasteiger partial charge < -0.3 is 10.6 Å². The monoisotopic (exact) mass is 352 g/mol. The quantitative estimate of drug-likeness (QED) is 0.836. The maximum Gasteiger partial charge on any atom is 0.251 e. The largest absolute Gasteiger partial charge is 0.352 e. The highest BCUT2D eigenvalue weighted by atomic mass is 16.2. The van der Waals surface area contributed by atoms with Gasteiger partial charge in [-0.25, -0.2) is 0 Å². The Bertz CT molecular complexity index is 713. The summed E-state index contributed by atoms with van der Waals surface area (Å²) in [5.41, 5.74) is 1.64. The number of hydrogen-bond donors (Lipinski definition) is 2. The van der Waals surface area contributed by atoms with Gasteiger partial charge in [-0.1, -0.05) is 6.07 Å². The van der Waals surface area contributed by atoms with Crippen LogP contribution in [0.2, 0.25) is 0 Å². The zero-order valence-corrected chi connectivity index (χ0v) is 14.7. The van der Waals surface area contributed by atoms with Crippen LogP contribution in [-0.4, -0.2) is 28.3 Å². The lowest BCUT2D eigenvalue weighted by Crippen LogP contribution is -2.36. The second-order valence-corrected chi connectivity index (χ2v) is 6.74. The van der Waals surface area contributed by atoms with Crippen LogP contribution in [0, 0.1) is 11.8 Å². The number of carbonyl (C=O) groups is 2. The maximum atomic E-state index is 12.3. The molecule has 1 aliphatic rings. The topological polar surface area (TPSA) is 84.0 Å². The van der Waals surface area contributed by atoms with Gasteiger partial charge in [0.05, 0.1) is 0 Å². The van der Waals surface area contributed by atoms with E-state index in [1.807, 2.05) is 12.1 Å². The fourth-order valence-electron chi connectivity index (χ4n) is 3.31. The predicted molar refractivity (Wildman–Crippen MR) is 98.1 cm³/mol. The van der Waals surface area contributed by atoms with Crippen molar-refractivity contribution in [2.24, 2.45) is 11.8 Å². The molecule has 2 heterocycles. The number of nitrogens with zero attached hydrogens (tertiary/aromatic N) is 2. The van der Waals surface area contributed by atoms with Gasteiger partial charge >= 0.3 is 0 Å². The van der Waals surface area contributed by atoms with Gasteiger partial charge in [-0.15, -0.1) is 0 Å². The number of carbonyl (C=O) groups excluding carboxylic acids is 2. The van der Waals surface area contributed by atoms with Crippen LogP contribution in [0.15, 0.2) is 49.1 Å². The van der Waals surface area contributed by atoms with Crippen molar-refractivity contribution in [3.8, 4) is 0 Å². The molecule has 1 aliphatic carbocycles. The highest BCUT2D eigenvalue weighted by Gasteiger charge is 2.26. The lowest BCUT2D eigenvalue weighted by Gasteiger charge is -2.28. The van der Waals surface area contributed by atoms with Crippen molar-refractivity contribution in [1.82, 2.24) is 20.6 Å². The minimum absolute atomic E-state index is 0.0660. The van der Waals surface area contributed by atoms with Crippen LogP contribution in [0.3, 0.4) is 0 Å². The van der Waals surface area contributed by atoms with Crippen LogP contribution >= 0.6 is 0 Å². The van der Waals surface area contributed by atoms with E-state index >= 15 is 0 Å². The fourth-order valence-corrected chi connectivity index (χ4v) is 3.31. The molecule has 2 amide bonds. The molecule has 1 saturated carbocycles. The zero-order chi connectivity index (χ0) is 18.2. The van der Waals surface area contributed by atoms with E-state index in [2.05, 4.69) is 20.6 Å². The Kier molecular flexibility index (Phi) is 6.30. The van der Waals surface area contributed by atoms with Crippen molar-refractivity contribution in [3.05, 3.63) is 60.2 Å². The average molecular weight is 352 g/mol. The highest BCUT2D eigenvalue weighted by molar-refractivity contribution is 5.93. The molecule has 0 radical (unpaired) electrons. The molecule has 0 spiro atoms. The van der Waals surface area contributed by atoms with Crippen molar-refractivity contribution in [2.75, 3.05) is 6.54 Å². The summed E-state index contributed by atoms with van der Waals surface area (Å²) in [6.07, 6.45) is 10.4. The van der Waals surface area contributed by atoms with Crippen molar-refractivity contribution < 1.29 is 9.59 Å². The van der Waals surface area contributed by atoms with Crippen LogP contribution < -0.4 is 10.6 Å². The molecule has 6 heteroatoms. The van der Waals surface area contributed by atoms with Crippen LogP contribution in [-0.2, 0) is 11.3 Å². The van der Waals surface area contributed by atoms with Crippen LogP contribution in [0.25, 0.3) is 0 Å². The van der Waals surface area contributed by atoms with Crippen molar-refractivity contribution in [2.45, 2.75) is 32.2 Å². The van der Waals surface area contributed by atoms with E-state index < -0.39 is 0 Å². The summed E-state index contributed by atoms with van der Waals surface area (Å²) in [5, 5.41) is 5.99. The molecule has 0 saturated heterocycles. The van der Waals surface area contributed by atoms with Crippen molar-refractivity contribution in [1.29, 1.82) is 0 Å². The molecule has 0 bridgehead atoms. The molecule has 1 fully saturated rings. The van der Waals surface area contributed by atoms with Crippen LogP contribution in [0.5, 0.6) is 0 Å². The Labute approximate surface area is 153 Å². The van der Waals surface area contributed by atoms with Crippen LogP contribution in [0.4, 0.5) is 0 Å². The van der Waals surface area contributed by atoms with Crippen molar-refractivity contribution in [3.63, 3.8) is 0 Å². The average Bonchev–Trinajstić information content (AvgIpc) is 2.72. The molecule has 0 aromatic carbocycles. The minimum atomic E-state index is -0.0660. The Morgan fingerprint density at radius 2 is 1.73 bits per heavy atom. The number of nitrogens with one attached hydrogen (secondary N) is 2. The summed E-state index contributed by atoms with van der Waals surface area (Å²) < 4.78 is 0. The number of hydrogen-bond acceptors (Lipinski definition) is 4. The van der Waals surface area contributed by atoms with E-state index in [0.29, 0.717) is 24.6 Å². The summed E-state index contributed by atoms with van der Waals surface area (Å²) in [6, 6.07) is 7.24. The van der Waals surface area contributed by atoms with Gasteiger partial charge in [0, 0.05) is 49.4 Å². The molecule has 0 atom stereocenters. The van der Waals surface area contributed by atoms with Gasteiger partial charge in [-0.3, -0.25) is 19.6 Å². The first-order valence-electron chi connectivity index (χ1n) is 9.07. The normalized spacial score (nSPS) is 19.5. The second kappa shape index (κ2) is 9.08. The molecule has 26 heavy (non-hydrogen) atoms. The molecular formula is C20H24N4O2. The zero-order valence-electron chi connectivity index (χ0n) is 14.7. The van der Waals surface area contributed by atoms with Gasteiger partial charge in [0.15, 0.2) is 0 Å². The van der Waals surface area contributed by atoms with E-state index in [1.54, 1.807) is 36.9 Å². The lowest BCUT2D eigenvalue weighted by atomic mass is 9.81. The first-order valence-corrected chi connectivity index (χ1v) is 9.07. The van der Waals surface area contributed by atoms with E-state index in [0.717, 1.165) is 31.2 Å². The summed E-state index contributed by atoms with van der Waals surface area (Å²) in [6.45, 7) is 1.18. The number of amides is 2. The summed E-state index contributed by atoms with van der Waals surface area (Å²) in [5.74, 6) is 0.554. The molecule has 0 unspecified atom stereocenters. The Morgan fingerprint density at radius 3 is 2.42 bits per heavy atom. The van der Waals surface area contributed by atoms with E-state index in [1.165, 1.54) is 0 Å². The Hall–Kier alpha value is -2.76. The molecule has 2 aromatic rings. The van der Waals surface area contributed by atoms with Gasteiger partial charge in [-0.05, 0) is 55.4 Å². The summed E-state index contributed by atoms with van der Waals surface area (Å²) in [4.78, 5) is 32.4. The first kappa shape index (κ1) is 18.0. The van der Waals surface area contributed by atoms with E-state index in [9.17, 15) is 9.59 Å². The summed E-state index contributed by atoms with van der Waals surface area (Å²) >= 11 is 0. The third-order valence-corrected chi connectivity index (χ3v) is 4.90. The molecule has 136 valence electrons. The smallest absolute Gasteiger partial charge is 0.251 e. The third kappa shape index (κ3) is 5.12. The highest BCUT2D eigenvalue weighted by Crippen LogP contribution is 2.28. The molecule has 6 nitrogen and oxygen atoms in total. The number of rotatable bonds is 6. The van der Waals surface area contributed by atoms with Gasteiger partial charge in [0.2, 0.25) is 5.91 Å². The first-order chi connectivity index (χ1) is 12.7. The second-order valence-electron chi connectivity index (χ2n) is 6.74. The SMILES string of the molecule is O=C(NCC1CCC(C(=O)NCc2cccnc2)CC1)c1ccncc1. The van der Waals surface area contributed by atoms with Crippen molar-refractivity contribution >= 4 is 11.8 Å². The minimum Gasteiger partial charge on any atom is -0.352 e. The number of aromatic nitrogens is 2. The Balaban J connectivity index is 1.37. The standard InChI is InChI=1S/C20H24N4O2/c25-19(24-14-16-2-1-9-22-12-16)17-5-3-15(4-6-17)13-23-20(26)18-7-10-21-11-8-18/h1-2,7-12,15,17H,3-6,13-14H2,(H,23,26)(H,24,25). The predicted octanol–water partition coefficient (Wildman–Crippen LogP) is 2.33. The molecule has 3 rings (SSSR count). The number of pyridine rings is 2. The molecule has 2 aromatic heterocycles. The third-order valence-electron chi connectivity index (χ3n) is 4.90. The summed E-state index contributed by atoms with van der Waals surface area (Å²) in [7, 11) is 0. The van der Waals surface area contributed by atoms with Gasteiger partial charge in [-0.2, -0.15) is 0 Å². The molecule has 0 aliphatic heterocycles. The van der Waals surface area contributed by atoms with E-state index in [4.69, 9.17) is 0 Å². The van der Waals surface area contributed by atoms with Gasteiger partial charge in [0.1, 0.15) is 0 Å². The molecule has 2 N–H and O–H groups in total. The maximum absolute atomic E-state index is 12.3. The van der Waals surface area contributed by atoms with Gasteiger partial charge in [0.25, 0.3) is 5.91 Å². The molecular weight excluding hydrogens is 328 g/mol.